The standard InChI is InChI=1S/C22H29N5O.C2H6/c1-17-15-21(24-18(2)23-17)26-12-6-11-25(13-14-26)16-27-20-9-4-3-7-19(20)8-5-10-22(27)28;1-2/h3-4,7,9,15H,5-6,8,10-14,16H2,1-2H3;1-2H3. The Labute approximate surface area is 180 Å². The molecule has 2 aliphatic heterocycles. The molecule has 1 amide bonds. The van der Waals surface area contributed by atoms with Gasteiger partial charge in [-0.05, 0) is 44.7 Å². The van der Waals surface area contributed by atoms with Gasteiger partial charge in [-0.1, -0.05) is 32.0 Å². The monoisotopic (exact) mass is 409 g/mol. The minimum absolute atomic E-state index is 0.244. The molecule has 162 valence electrons. The second kappa shape index (κ2) is 10.5. The molecule has 3 heterocycles. The number of carbonyl (C=O) groups is 1. The fourth-order valence-corrected chi connectivity index (χ4v) is 4.24. The minimum Gasteiger partial charge on any atom is -0.355 e. The summed E-state index contributed by atoms with van der Waals surface area (Å²) in [6.45, 7) is 12.5. The summed E-state index contributed by atoms with van der Waals surface area (Å²) in [5, 5.41) is 0. The van der Waals surface area contributed by atoms with Crippen LogP contribution in [0.3, 0.4) is 0 Å². The molecular weight excluding hydrogens is 374 g/mol. The molecule has 0 radical (unpaired) electrons. The normalized spacial score (nSPS) is 17.5. The third-order valence-electron chi connectivity index (χ3n) is 5.63. The van der Waals surface area contributed by atoms with Crippen molar-refractivity contribution in [3.8, 4) is 0 Å². The highest BCUT2D eigenvalue weighted by molar-refractivity contribution is 5.94. The van der Waals surface area contributed by atoms with Gasteiger partial charge in [0.1, 0.15) is 11.6 Å². The number of aromatic nitrogens is 2. The van der Waals surface area contributed by atoms with Crippen molar-refractivity contribution in [2.24, 2.45) is 0 Å². The van der Waals surface area contributed by atoms with Crippen LogP contribution < -0.4 is 9.80 Å². The lowest BCUT2D eigenvalue weighted by Gasteiger charge is -2.30. The molecule has 1 saturated heterocycles. The maximum atomic E-state index is 12.8. The van der Waals surface area contributed by atoms with Gasteiger partial charge >= 0.3 is 0 Å². The van der Waals surface area contributed by atoms with E-state index in [2.05, 4.69) is 44.0 Å². The van der Waals surface area contributed by atoms with Crippen LogP contribution in [0.25, 0.3) is 0 Å². The summed E-state index contributed by atoms with van der Waals surface area (Å²) >= 11 is 0. The highest BCUT2D eigenvalue weighted by Crippen LogP contribution is 2.27. The van der Waals surface area contributed by atoms with Crippen LogP contribution >= 0.6 is 0 Å². The fourth-order valence-electron chi connectivity index (χ4n) is 4.24. The Kier molecular flexibility index (Phi) is 7.80. The second-order valence-corrected chi connectivity index (χ2v) is 7.82. The van der Waals surface area contributed by atoms with Gasteiger partial charge in [-0.15, -0.1) is 0 Å². The number of nitrogens with zero attached hydrogens (tertiary/aromatic N) is 5. The summed E-state index contributed by atoms with van der Waals surface area (Å²) in [6.07, 6.45) is 3.62. The van der Waals surface area contributed by atoms with Crippen molar-refractivity contribution < 1.29 is 4.79 Å². The van der Waals surface area contributed by atoms with E-state index in [1.807, 2.05) is 38.7 Å². The molecule has 0 N–H and O–H groups in total. The van der Waals surface area contributed by atoms with E-state index < -0.39 is 0 Å². The van der Waals surface area contributed by atoms with Crippen LogP contribution in [-0.4, -0.2) is 53.6 Å². The van der Waals surface area contributed by atoms with Gasteiger partial charge in [-0.2, -0.15) is 0 Å². The van der Waals surface area contributed by atoms with E-state index in [-0.39, 0.29) is 5.91 Å². The average molecular weight is 410 g/mol. The number of carbonyl (C=O) groups excluding carboxylic acids is 1. The van der Waals surface area contributed by atoms with Crippen molar-refractivity contribution in [3.63, 3.8) is 0 Å². The maximum absolute atomic E-state index is 12.8. The van der Waals surface area contributed by atoms with Gasteiger partial charge in [-0.25, -0.2) is 9.97 Å². The lowest BCUT2D eigenvalue weighted by Crippen LogP contribution is -2.43. The van der Waals surface area contributed by atoms with Crippen LogP contribution in [0.5, 0.6) is 0 Å². The zero-order chi connectivity index (χ0) is 21.5. The molecule has 6 heteroatoms. The molecule has 0 aliphatic carbocycles. The van der Waals surface area contributed by atoms with E-state index in [0.29, 0.717) is 13.1 Å². The first-order valence-corrected chi connectivity index (χ1v) is 11.3. The van der Waals surface area contributed by atoms with Gasteiger partial charge in [0.2, 0.25) is 5.91 Å². The molecule has 4 rings (SSSR count). The molecule has 0 atom stereocenters. The topological polar surface area (TPSA) is 52.6 Å². The molecule has 1 aromatic heterocycles. The Bertz CT molecular complexity index is 833. The lowest BCUT2D eigenvalue weighted by molar-refractivity contribution is -0.119. The van der Waals surface area contributed by atoms with Crippen molar-refractivity contribution in [2.45, 2.75) is 53.4 Å². The molecule has 0 saturated carbocycles. The third-order valence-corrected chi connectivity index (χ3v) is 5.63. The number of amides is 1. The SMILES string of the molecule is CC.Cc1cc(N2CCCN(CN3C(=O)CCCc4ccccc43)CC2)nc(C)n1. The molecule has 1 aromatic carbocycles. The zero-order valence-electron chi connectivity index (χ0n) is 18.9. The van der Waals surface area contributed by atoms with Gasteiger partial charge in [0.05, 0.1) is 6.67 Å². The largest absolute Gasteiger partial charge is 0.355 e. The molecule has 30 heavy (non-hydrogen) atoms. The Morgan fingerprint density at radius 3 is 2.53 bits per heavy atom. The van der Waals surface area contributed by atoms with Crippen LogP contribution in [0.2, 0.25) is 0 Å². The summed E-state index contributed by atoms with van der Waals surface area (Å²) < 4.78 is 0. The Morgan fingerprint density at radius 2 is 1.73 bits per heavy atom. The first kappa shape index (κ1) is 22.2. The Balaban J connectivity index is 0.00000124. The minimum atomic E-state index is 0.244. The van der Waals surface area contributed by atoms with E-state index in [4.69, 9.17) is 0 Å². The number of fused-ring (bicyclic) bond motifs is 1. The second-order valence-electron chi connectivity index (χ2n) is 7.82. The summed E-state index contributed by atoms with van der Waals surface area (Å²) in [5.41, 5.74) is 3.39. The van der Waals surface area contributed by atoms with Crippen LogP contribution in [-0.2, 0) is 11.2 Å². The number of hydrogen-bond donors (Lipinski definition) is 0. The highest BCUT2D eigenvalue weighted by Gasteiger charge is 2.25. The molecule has 6 nitrogen and oxygen atoms in total. The smallest absolute Gasteiger partial charge is 0.228 e. The summed E-state index contributed by atoms with van der Waals surface area (Å²) in [6, 6.07) is 10.4. The molecule has 0 spiro atoms. The van der Waals surface area contributed by atoms with Crippen LogP contribution in [0, 0.1) is 13.8 Å². The lowest BCUT2D eigenvalue weighted by atomic mass is 10.1. The molecular formula is C24H35N5O. The van der Waals surface area contributed by atoms with Crippen LogP contribution in [0.15, 0.2) is 30.3 Å². The Morgan fingerprint density at radius 1 is 0.933 bits per heavy atom. The van der Waals surface area contributed by atoms with Crippen molar-refractivity contribution in [1.82, 2.24) is 14.9 Å². The molecule has 1 fully saturated rings. The van der Waals surface area contributed by atoms with Gasteiger partial charge in [0.25, 0.3) is 0 Å². The molecule has 0 unspecified atom stereocenters. The third kappa shape index (κ3) is 5.36. The molecule has 2 aliphatic rings. The van der Waals surface area contributed by atoms with Crippen molar-refractivity contribution in [1.29, 1.82) is 0 Å². The van der Waals surface area contributed by atoms with Crippen molar-refractivity contribution in [2.75, 3.05) is 42.6 Å². The predicted molar refractivity (Wildman–Crippen MR) is 123 cm³/mol. The summed E-state index contributed by atoms with van der Waals surface area (Å²) in [7, 11) is 0. The Hall–Kier alpha value is -2.47. The van der Waals surface area contributed by atoms with Crippen molar-refractivity contribution in [3.05, 3.63) is 47.4 Å². The van der Waals surface area contributed by atoms with E-state index in [9.17, 15) is 4.79 Å². The van der Waals surface area contributed by atoms with Crippen LogP contribution in [0.4, 0.5) is 11.5 Å². The van der Waals surface area contributed by atoms with Crippen LogP contribution in [0.1, 0.15) is 50.2 Å². The summed E-state index contributed by atoms with van der Waals surface area (Å²) in [5.74, 6) is 2.08. The van der Waals surface area contributed by atoms with E-state index in [1.165, 1.54) is 5.56 Å². The quantitative estimate of drug-likeness (QED) is 0.768. The van der Waals surface area contributed by atoms with E-state index in [0.717, 1.165) is 68.5 Å². The number of hydrogen-bond acceptors (Lipinski definition) is 5. The number of aryl methyl sites for hydroxylation is 3. The first-order valence-electron chi connectivity index (χ1n) is 11.3. The average Bonchev–Trinajstić information content (AvgIpc) is 3.06. The van der Waals surface area contributed by atoms with E-state index in [1.54, 1.807) is 0 Å². The molecule has 0 bridgehead atoms. The van der Waals surface area contributed by atoms with E-state index >= 15 is 0 Å². The zero-order valence-corrected chi connectivity index (χ0v) is 18.9. The number of rotatable bonds is 3. The van der Waals surface area contributed by atoms with Gasteiger partial charge in [0, 0.05) is 50.0 Å². The van der Waals surface area contributed by atoms with Gasteiger partial charge in [-0.3, -0.25) is 14.6 Å². The van der Waals surface area contributed by atoms with Gasteiger partial charge < -0.3 is 4.90 Å². The molecule has 2 aromatic rings. The van der Waals surface area contributed by atoms with Gasteiger partial charge in [0.15, 0.2) is 0 Å². The highest BCUT2D eigenvalue weighted by atomic mass is 16.2. The predicted octanol–water partition coefficient (Wildman–Crippen LogP) is 3.96. The number of anilines is 2. The maximum Gasteiger partial charge on any atom is 0.228 e. The number of para-hydroxylation sites is 1. The first-order chi connectivity index (χ1) is 14.6. The summed E-state index contributed by atoms with van der Waals surface area (Å²) in [4.78, 5) is 28.5. The fraction of sp³-hybridized carbons (Fsp3) is 0.542. The number of benzene rings is 1. The van der Waals surface area contributed by atoms with Crippen molar-refractivity contribution >= 4 is 17.4 Å².